The maximum absolute atomic E-state index is 12.8. The number of aromatic carboxylic acids is 1. The summed E-state index contributed by atoms with van der Waals surface area (Å²) in [7, 11) is -23.2. The summed E-state index contributed by atoms with van der Waals surface area (Å²) in [6, 6.07) is 12.6. The van der Waals surface area contributed by atoms with Crippen molar-refractivity contribution in [3.63, 3.8) is 0 Å². The molecule has 26 nitrogen and oxygen atoms in total. The Morgan fingerprint density at radius 1 is 0.677 bits per heavy atom. The van der Waals surface area contributed by atoms with E-state index >= 15 is 0 Å². The average molecular weight is 1020 g/mol. The van der Waals surface area contributed by atoms with E-state index in [4.69, 9.17) is 20.6 Å². The van der Waals surface area contributed by atoms with Crippen LogP contribution in [0.25, 0.3) is 0 Å². The number of anilines is 2. The van der Waals surface area contributed by atoms with Gasteiger partial charge in [-0.15, -0.1) is 20.5 Å². The lowest BCUT2D eigenvalue weighted by atomic mass is 10.1. The van der Waals surface area contributed by atoms with Crippen molar-refractivity contribution in [2.24, 2.45) is 30.7 Å². The summed E-state index contributed by atoms with van der Waals surface area (Å²) in [6.07, 6.45) is 2.58. The van der Waals surface area contributed by atoms with Crippen LogP contribution in [-0.4, -0.2) is 84.9 Å². The number of unbranched alkanes of at least 4 members (excludes halogenated alkanes) is 1. The molecule has 8 N–H and O–H groups in total. The number of hydrogen-bond donors (Lipinski definition) is 6. The molecule has 4 aromatic carbocycles. The predicted octanol–water partition coefficient (Wildman–Crippen LogP) is 5.97. The summed E-state index contributed by atoms with van der Waals surface area (Å²) >= 11 is 0.810. The summed E-state index contributed by atoms with van der Waals surface area (Å²) in [5, 5.41) is 36.3. The number of rotatable bonds is 20. The fourth-order valence-electron chi connectivity index (χ4n) is 4.84. The van der Waals surface area contributed by atoms with Crippen LogP contribution in [0.5, 0.6) is 0 Å². The Hall–Kier alpha value is -5.99. The van der Waals surface area contributed by atoms with Crippen LogP contribution in [0.15, 0.2) is 117 Å². The van der Waals surface area contributed by atoms with Gasteiger partial charge >= 0.3 is 26.8 Å². The second-order valence-corrected chi connectivity index (χ2v) is 20.9. The Labute approximate surface area is 374 Å². The van der Waals surface area contributed by atoms with E-state index in [-0.39, 0.29) is 28.4 Å². The van der Waals surface area contributed by atoms with Crippen LogP contribution < -0.4 is 11.5 Å². The van der Waals surface area contributed by atoms with E-state index in [2.05, 4.69) is 49.3 Å². The van der Waals surface area contributed by atoms with Gasteiger partial charge in [-0.3, -0.25) is 18.5 Å². The molecule has 0 heterocycles. The van der Waals surface area contributed by atoms with Crippen molar-refractivity contribution in [2.45, 2.75) is 39.3 Å². The summed E-state index contributed by atoms with van der Waals surface area (Å²) in [5.41, 5.74) is 8.00. The van der Waals surface area contributed by atoms with Crippen molar-refractivity contribution in [3.05, 3.63) is 72.3 Å². The highest BCUT2D eigenvalue weighted by molar-refractivity contribution is 8.04. The molecule has 0 aliphatic rings. The number of azo groups is 3. The molecule has 0 aliphatic carbocycles. The lowest BCUT2D eigenvalue weighted by Gasteiger charge is -2.13. The van der Waals surface area contributed by atoms with Gasteiger partial charge in [0.15, 0.2) is 25.8 Å². The number of thioether (sulfide) groups is 1. The number of nitrogens with two attached hydrogens (primary N) is 2. The number of benzene rings is 4. The largest absolute Gasteiger partial charge is 0.478 e. The Morgan fingerprint density at radius 2 is 1.20 bits per heavy atom. The highest BCUT2D eigenvalue weighted by Crippen LogP contribution is 2.49. The third-order valence-corrected chi connectivity index (χ3v) is 13.6. The van der Waals surface area contributed by atoms with Gasteiger partial charge in [0.05, 0.1) is 50.7 Å². The minimum absolute atomic E-state index is 0.0578. The summed E-state index contributed by atoms with van der Waals surface area (Å²) in [5.74, 6) is -2.98. The smallest absolute Gasteiger partial charge is 0.433 e. The topological polar surface area (TPSA) is 423 Å². The third kappa shape index (κ3) is 15.0. The molecule has 0 unspecified atom stereocenters. The molecular formula is C33H32N8O18S6. The van der Waals surface area contributed by atoms with E-state index in [9.17, 15) is 56.5 Å². The number of nitrogen functional groups attached to an aromatic ring is 2. The number of carboxylic acid groups (broad SMARTS) is 1. The molecule has 0 atom stereocenters. The molecule has 65 heavy (non-hydrogen) atoms. The summed E-state index contributed by atoms with van der Waals surface area (Å²) < 4.78 is 153. The molecule has 32 heteroatoms. The monoisotopic (exact) mass is 1020 g/mol. The Balaban J connectivity index is 1.84. The van der Waals surface area contributed by atoms with Crippen LogP contribution in [-0.2, 0) is 64.0 Å². The van der Waals surface area contributed by atoms with Gasteiger partial charge in [-0.1, -0.05) is 13.3 Å². The number of sulfone groups is 2. The zero-order valence-corrected chi connectivity index (χ0v) is 37.6. The average Bonchev–Trinajstić information content (AvgIpc) is 3.21. The zero-order valence-electron chi connectivity index (χ0n) is 32.7. The molecule has 0 aromatic heterocycles. The Morgan fingerprint density at radius 3 is 1.72 bits per heavy atom. The molecule has 0 aliphatic heterocycles. The van der Waals surface area contributed by atoms with E-state index in [1.165, 1.54) is 24.3 Å². The number of carboxylic acids is 1. The molecule has 0 bridgehead atoms. The number of carbonyl (C=O) groups is 1. The molecule has 0 amide bonds. The van der Waals surface area contributed by atoms with Gasteiger partial charge in [0.1, 0.15) is 33.2 Å². The Kier molecular flexibility index (Phi) is 16.9. The van der Waals surface area contributed by atoms with E-state index in [1.807, 2.05) is 6.11 Å². The maximum atomic E-state index is 12.8. The normalized spacial score (nSPS) is 12.7. The first-order chi connectivity index (χ1) is 30.2. The highest BCUT2D eigenvalue weighted by atomic mass is 32.3. The van der Waals surface area contributed by atoms with Gasteiger partial charge in [-0.2, -0.15) is 35.5 Å². The van der Waals surface area contributed by atoms with Gasteiger partial charge < -0.3 is 16.6 Å². The van der Waals surface area contributed by atoms with Crippen LogP contribution in [0, 0.1) is 11.4 Å². The van der Waals surface area contributed by atoms with E-state index in [0.717, 1.165) is 48.2 Å². The minimum Gasteiger partial charge on any atom is -0.478 e. The second-order valence-electron chi connectivity index (χ2n) is 12.4. The van der Waals surface area contributed by atoms with Crippen molar-refractivity contribution in [1.29, 1.82) is 0 Å². The van der Waals surface area contributed by atoms with Gasteiger partial charge in [0, 0.05) is 10.1 Å². The molecule has 4 aromatic rings. The van der Waals surface area contributed by atoms with Crippen LogP contribution in [0.1, 0.15) is 30.1 Å². The quantitative estimate of drug-likeness (QED) is 0.0113. The first kappa shape index (κ1) is 51.6. The fraction of sp³-hybridized carbons (Fsp3) is 0.182. The van der Waals surface area contributed by atoms with Crippen molar-refractivity contribution < 1.29 is 79.1 Å². The number of nitrogens with zero attached hydrogens (tertiary/aromatic N) is 6. The van der Waals surface area contributed by atoms with Crippen molar-refractivity contribution in [2.75, 3.05) is 29.6 Å². The lowest BCUT2D eigenvalue weighted by molar-refractivity contribution is -0.135. The van der Waals surface area contributed by atoms with Crippen LogP contribution in [0.4, 0.5) is 45.5 Å². The lowest BCUT2D eigenvalue weighted by Crippen LogP contribution is -2.15. The molecule has 0 saturated carbocycles. The van der Waals surface area contributed by atoms with Crippen LogP contribution in [0.2, 0.25) is 0 Å². The van der Waals surface area contributed by atoms with Crippen molar-refractivity contribution in [1.82, 2.24) is 0 Å². The number of hydrogen-bond acceptors (Lipinski definition) is 23. The molecule has 4 rings (SSSR count). The predicted molar refractivity (Wildman–Crippen MR) is 228 cm³/mol. The highest BCUT2D eigenvalue weighted by Gasteiger charge is 2.28. The summed E-state index contributed by atoms with van der Waals surface area (Å²) in [4.78, 5) is 15.5. The Bertz CT molecular complexity index is 3190. The van der Waals surface area contributed by atoms with Crippen molar-refractivity contribution in [3.8, 4) is 11.4 Å². The van der Waals surface area contributed by atoms with E-state index < -0.39 is 118 Å². The first-order valence-electron chi connectivity index (χ1n) is 17.3. The van der Waals surface area contributed by atoms with E-state index in [0.29, 0.717) is 17.4 Å². The van der Waals surface area contributed by atoms with Crippen LogP contribution in [0.3, 0.4) is 0 Å². The standard InChI is InChI=1S/C33H32N8O18S6/c1-2-3-17-61(44,45)24-12-13-25(26(19-24)63(48,49)50)38-40-31-27(33(42)43)30(39-36-20-4-8-22(9-5-20)60-16-14-57-59-65(54,55)56)28(34)32(29(31)35)41-37-21-6-10-23(11-7-21)62(46,47)18-15-58-64(51,52)53/h4-13,19H,2-3,15,17-18,34-35H2,1H3,(H,42,43)(H,48,49,50)(H,51,52,53)(H,54,55,56). The molecule has 348 valence electrons. The first-order valence-corrected chi connectivity index (χ1v) is 25.6. The molecule has 0 fully saturated rings. The van der Waals surface area contributed by atoms with E-state index in [1.54, 1.807) is 6.92 Å². The molecule has 0 spiro atoms. The maximum Gasteiger partial charge on any atom is 0.433 e. The van der Waals surface area contributed by atoms with Gasteiger partial charge in [0.25, 0.3) is 10.1 Å². The SMILES string of the molecule is CCCCS(=O)(=O)c1ccc(N=Nc2c(N)c(N=Nc3ccc(S(=O)(=O)CCOS(=O)(=O)O)cc3)c(N)c(N=Nc3ccc(SC#COOS(=O)(=O)O)cc3)c2C(=O)O)c(S(=O)(=O)O)c1. The summed E-state index contributed by atoms with van der Waals surface area (Å²) in [6.45, 7) is 0.834. The molecule has 0 radical (unpaired) electrons. The van der Waals surface area contributed by atoms with Gasteiger partial charge in [-0.25, -0.2) is 25.8 Å². The van der Waals surface area contributed by atoms with Crippen molar-refractivity contribution >= 4 is 114 Å². The van der Waals surface area contributed by atoms with Gasteiger partial charge in [-0.05, 0) is 89.2 Å². The van der Waals surface area contributed by atoms with Gasteiger partial charge in [0.2, 0.25) is 0 Å². The molecule has 0 saturated heterocycles. The zero-order chi connectivity index (χ0) is 48.4. The van der Waals surface area contributed by atoms with Crippen LogP contribution >= 0.6 is 11.8 Å². The molecular weight excluding hydrogens is 989 g/mol. The fourth-order valence-corrected chi connectivity index (χ4v) is 9.12. The third-order valence-electron chi connectivity index (χ3n) is 7.82. The minimum atomic E-state index is -5.20. The second kappa shape index (κ2) is 21.3.